The summed E-state index contributed by atoms with van der Waals surface area (Å²) in [5.41, 5.74) is 1.34. The first-order valence-corrected chi connectivity index (χ1v) is 6.50. The summed E-state index contributed by atoms with van der Waals surface area (Å²) >= 11 is 0. The number of methoxy groups -OCH3 is 1. The van der Waals surface area contributed by atoms with E-state index in [0.717, 1.165) is 17.4 Å². The molecule has 0 spiro atoms. The van der Waals surface area contributed by atoms with E-state index in [1.807, 2.05) is 24.3 Å². The lowest BCUT2D eigenvalue weighted by Gasteiger charge is -2.09. The maximum atomic E-state index is 13.6. The Morgan fingerprint density at radius 1 is 1.24 bits per heavy atom. The number of hydrogen-bond donors (Lipinski definition) is 2. The second-order valence-corrected chi connectivity index (χ2v) is 4.52. The zero-order valence-electron chi connectivity index (χ0n) is 11.6. The molecule has 21 heavy (non-hydrogen) atoms. The molecule has 0 aliphatic rings. The molecule has 0 saturated carbocycles. The Morgan fingerprint density at radius 2 is 1.95 bits per heavy atom. The van der Waals surface area contributed by atoms with E-state index in [1.165, 1.54) is 12.1 Å². The number of benzene rings is 2. The summed E-state index contributed by atoms with van der Waals surface area (Å²) < 4.78 is 18.7. The first-order chi connectivity index (χ1) is 10.1. The fraction of sp³-hybridized carbons (Fsp3) is 0.188. The summed E-state index contributed by atoms with van der Waals surface area (Å²) in [5, 5.41) is 11.8. The van der Waals surface area contributed by atoms with Crippen LogP contribution in [0.5, 0.6) is 5.75 Å². The number of hydrogen-bond acceptors (Lipinski definition) is 3. The second kappa shape index (κ2) is 6.74. The lowest BCUT2D eigenvalue weighted by molar-refractivity contribution is 0.0697. The third kappa shape index (κ3) is 3.95. The third-order valence-corrected chi connectivity index (χ3v) is 3.10. The number of carbonyl (C=O) groups is 1. The van der Waals surface area contributed by atoms with Crippen molar-refractivity contribution in [2.45, 2.75) is 6.42 Å². The van der Waals surface area contributed by atoms with Crippen LogP contribution in [0.2, 0.25) is 0 Å². The third-order valence-electron chi connectivity index (χ3n) is 3.10. The first-order valence-electron chi connectivity index (χ1n) is 6.50. The van der Waals surface area contributed by atoms with E-state index >= 15 is 0 Å². The highest BCUT2D eigenvalue weighted by atomic mass is 19.1. The predicted molar refractivity (Wildman–Crippen MR) is 78.5 cm³/mol. The number of aromatic carboxylic acids is 1. The summed E-state index contributed by atoms with van der Waals surface area (Å²) in [4.78, 5) is 10.9. The number of rotatable bonds is 6. The zero-order chi connectivity index (χ0) is 15.2. The lowest BCUT2D eigenvalue weighted by atomic mass is 10.1. The molecule has 2 N–H and O–H groups in total. The highest BCUT2D eigenvalue weighted by Gasteiger charge is 2.07. The normalized spacial score (nSPS) is 10.2. The monoisotopic (exact) mass is 289 g/mol. The van der Waals surface area contributed by atoms with Crippen molar-refractivity contribution in [2.75, 3.05) is 19.0 Å². The molecule has 0 atom stereocenters. The van der Waals surface area contributed by atoms with Crippen molar-refractivity contribution in [1.82, 2.24) is 0 Å². The van der Waals surface area contributed by atoms with Gasteiger partial charge in [-0.1, -0.05) is 12.1 Å². The van der Waals surface area contributed by atoms with Gasteiger partial charge in [-0.15, -0.1) is 0 Å². The Bertz CT molecular complexity index is 626. The largest absolute Gasteiger partial charge is 0.497 e. The van der Waals surface area contributed by atoms with Crippen LogP contribution in [-0.4, -0.2) is 24.7 Å². The molecule has 0 fully saturated rings. The van der Waals surface area contributed by atoms with Crippen LogP contribution in [0, 0.1) is 5.82 Å². The molecular weight excluding hydrogens is 273 g/mol. The van der Waals surface area contributed by atoms with Gasteiger partial charge in [0.1, 0.15) is 11.6 Å². The minimum Gasteiger partial charge on any atom is -0.497 e. The Hall–Kier alpha value is -2.56. The SMILES string of the molecule is COc1ccc(CCNc2cc(C(=O)O)ccc2F)cc1. The minimum atomic E-state index is -1.08. The molecule has 0 saturated heterocycles. The van der Waals surface area contributed by atoms with E-state index in [1.54, 1.807) is 7.11 Å². The van der Waals surface area contributed by atoms with Gasteiger partial charge in [0, 0.05) is 6.54 Å². The van der Waals surface area contributed by atoms with Crippen molar-refractivity contribution in [3.63, 3.8) is 0 Å². The van der Waals surface area contributed by atoms with E-state index in [9.17, 15) is 9.18 Å². The Labute approximate surface area is 122 Å². The lowest BCUT2D eigenvalue weighted by Crippen LogP contribution is -2.08. The Balaban J connectivity index is 1.96. The van der Waals surface area contributed by atoms with Gasteiger partial charge in [0.15, 0.2) is 0 Å². The van der Waals surface area contributed by atoms with Gasteiger partial charge in [0.05, 0.1) is 18.4 Å². The van der Waals surface area contributed by atoms with Crippen LogP contribution in [0.25, 0.3) is 0 Å². The van der Waals surface area contributed by atoms with Gasteiger partial charge >= 0.3 is 5.97 Å². The van der Waals surface area contributed by atoms with Crippen LogP contribution in [-0.2, 0) is 6.42 Å². The Kier molecular flexibility index (Phi) is 4.77. The first kappa shape index (κ1) is 14.8. The number of anilines is 1. The number of carboxylic acid groups (broad SMARTS) is 1. The average Bonchev–Trinajstić information content (AvgIpc) is 2.49. The molecule has 0 radical (unpaired) electrons. The van der Waals surface area contributed by atoms with Crippen LogP contribution in [0.15, 0.2) is 42.5 Å². The summed E-state index contributed by atoms with van der Waals surface area (Å²) in [5.74, 6) is -0.755. The maximum Gasteiger partial charge on any atom is 0.335 e. The molecule has 0 aliphatic carbocycles. The summed E-state index contributed by atoms with van der Waals surface area (Å²) in [6, 6.07) is 11.3. The molecule has 4 nitrogen and oxygen atoms in total. The number of ether oxygens (including phenoxy) is 1. The number of nitrogens with one attached hydrogen (secondary N) is 1. The van der Waals surface area contributed by atoms with Crippen LogP contribution >= 0.6 is 0 Å². The maximum absolute atomic E-state index is 13.6. The standard InChI is InChI=1S/C16H16FNO3/c1-21-13-5-2-11(3-6-13)8-9-18-15-10-12(16(19)20)4-7-14(15)17/h2-7,10,18H,8-9H2,1H3,(H,19,20). The molecule has 110 valence electrons. The van der Waals surface area contributed by atoms with Gasteiger partial charge in [-0.25, -0.2) is 9.18 Å². The molecule has 0 heterocycles. The topological polar surface area (TPSA) is 58.6 Å². The van der Waals surface area contributed by atoms with Crippen molar-refractivity contribution in [3.8, 4) is 5.75 Å². The van der Waals surface area contributed by atoms with Crippen LogP contribution in [0.1, 0.15) is 15.9 Å². The summed E-state index contributed by atoms with van der Waals surface area (Å²) in [6.45, 7) is 0.506. The van der Waals surface area contributed by atoms with Gasteiger partial charge in [-0.05, 0) is 42.3 Å². The summed E-state index contributed by atoms with van der Waals surface area (Å²) in [7, 11) is 1.61. The molecule has 2 aromatic carbocycles. The van der Waals surface area contributed by atoms with Crippen LogP contribution in [0.4, 0.5) is 10.1 Å². The fourth-order valence-electron chi connectivity index (χ4n) is 1.93. The van der Waals surface area contributed by atoms with E-state index in [0.29, 0.717) is 13.0 Å². The highest BCUT2D eigenvalue weighted by Crippen LogP contribution is 2.17. The summed E-state index contributed by atoms with van der Waals surface area (Å²) in [6.07, 6.45) is 0.695. The molecular formula is C16H16FNO3. The predicted octanol–water partition coefficient (Wildman–Crippen LogP) is 3.19. The number of carboxylic acids is 1. The van der Waals surface area contributed by atoms with Crippen LogP contribution < -0.4 is 10.1 Å². The van der Waals surface area contributed by atoms with Crippen molar-refractivity contribution in [2.24, 2.45) is 0 Å². The molecule has 2 aromatic rings. The highest BCUT2D eigenvalue weighted by molar-refractivity contribution is 5.88. The van der Waals surface area contributed by atoms with Gasteiger partial charge < -0.3 is 15.2 Å². The molecule has 0 aromatic heterocycles. The molecule has 2 rings (SSSR count). The molecule has 0 bridgehead atoms. The average molecular weight is 289 g/mol. The van der Waals surface area contributed by atoms with Gasteiger partial charge in [0.2, 0.25) is 0 Å². The number of halogens is 1. The fourth-order valence-corrected chi connectivity index (χ4v) is 1.93. The van der Waals surface area contributed by atoms with E-state index < -0.39 is 11.8 Å². The molecule has 0 aliphatic heterocycles. The van der Waals surface area contributed by atoms with Crippen molar-refractivity contribution < 1.29 is 19.0 Å². The molecule has 5 heteroatoms. The zero-order valence-corrected chi connectivity index (χ0v) is 11.6. The van der Waals surface area contributed by atoms with Crippen molar-refractivity contribution in [1.29, 1.82) is 0 Å². The van der Waals surface area contributed by atoms with Gasteiger partial charge in [0.25, 0.3) is 0 Å². The minimum absolute atomic E-state index is 0.0587. The molecule has 0 unspecified atom stereocenters. The van der Waals surface area contributed by atoms with Crippen molar-refractivity contribution >= 4 is 11.7 Å². The van der Waals surface area contributed by atoms with E-state index in [4.69, 9.17) is 9.84 Å². The second-order valence-electron chi connectivity index (χ2n) is 4.52. The molecule has 0 amide bonds. The van der Waals surface area contributed by atoms with Gasteiger partial charge in [-0.3, -0.25) is 0 Å². The quantitative estimate of drug-likeness (QED) is 0.857. The van der Waals surface area contributed by atoms with E-state index in [2.05, 4.69) is 5.32 Å². The van der Waals surface area contributed by atoms with Crippen molar-refractivity contribution in [3.05, 3.63) is 59.4 Å². The van der Waals surface area contributed by atoms with Gasteiger partial charge in [-0.2, -0.15) is 0 Å². The van der Waals surface area contributed by atoms with E-state index in [-0.39, 0.29) is 11.3 Å². The Morgan fingerprint density at radius 3 is 2.57 bits per heavy atom. The smallest absolute Gasteiger partial charge is 0.335 e. The van der Waals surface area contributed by atoms with Crippen LogP contribution in [0.3, 0.4) is 0 Å².